The molecular formula is C36H31ClN4O3S2. The summed E-state index contributed by atoms with van der Waals surface area (Å²) in [7, 11) is 0. The summed E-state index contributed by atoms with van der Waals surface area (Å²) in [5.74, 6) is -0.570. The van der Waals surface area contributed by atoms with E-state index in [9.17, 15) is 14.4 Å². The van der Waals surface area contributed by atoms with Crippen LogP contribution in [0.1, 0.15) is 41.3 Å². The topological polar surface area (TPSA) is 100 Å². The van der Waals surface area contributed by atoms with Crippen LogP contribution in [0.25, 0.3) is 17.3 Å². The molecule has 0 saturated carbocycles. The van der Waals surface area contributed by atoms with Crippen molar-refractivity contribution in [2.75, 3.05) is 16.4 Å². The van der Waals surface area contributed by atoms with Gasteiger partial charge in [-0.05, 0) is 59.5 Å². The van der Waals surface area contributed by atoms with E-state index in [1.54, 1.807) is 54.6 Å². The van der Waals surface area contributed by atoms with E-state index in [-0.39, 0.29) is 17.4 Å². The fourth-order valence-corrected chi connectivity index (χ4v) is 6.09. The minimum atomic E-state index is -0.477. The lowest BCUT2D eigenvalue weighted by Gasteiger charge is -2.12. The molecule has 0 fully saturated rings. The molecule has 5 aromatic rings. The predicted octanol–water partition coefficient (Wildman–Crippen LogP) is 8.73. The van der Waals surface area contributed by atoms with Crippen molar-refractivity contribution in [3.63, 3.8) is 0 Å². The largest absolute Gasteiger partial charge is 0.321 e. The van der Waals surface area contributed by atoms with Gasteiger partial charge in [-0.15, -0.1) is 23.1 Å². The maximum Gasteiger partial charge on any atom is 0.272 e. The third-order valence-corrected chi connectivity index (χ3v) is 8.89. The summed E-state index contributed by atoms with van der Waals surface area (Å²) in [5.41, 5.74) is 4.51. The Morgan fingerprint density at radius 2 is 1.63 bits per heavy atom. The molecule has 1 aromatic heterocycles. The first-order chi connectivity index (χ1) is 22.2. The zero-order valence-electron chi connectivity index (χ0n) is 25.1. The van der Waals surface area contributed by atoms with Crippen LogP contribution < -0.4 is 16.0 Å². The van der Waals surface area contributed by atoms with Gasteiger partial charge in [-0.25, -0.2) is 4.98 Å². The Bertz CT molecular complexity index is 1870. The quantitative estimate of drug-likeness (QED) is 0.0967. The van der Waals surface area contributed by atoms with Crippen molar-refractivity contribution in [2.24, 2.45) is 0 Å². The molecule has 46 heavy (non-hydrogen) atoms. The number of rotatable bonds is 11. The van der Waals surface area contributed by atoms with Gasteiger partial charge in [-0.1, -0.05) is 92.2 Å². The van der Waals surface area contributed by atoms with Gasteiger partial charge in [-0.2, -0.15) is 0 Å². The molecule has 0 unspecified atom stereocenters. The number of carbonyl (C=O) groups is 3. The van der Waals surface area contributed by atoms with Crippen molar-refractivity contribution in [3.8, 4) is 11.3 Å². The van der Waals surface area contributed by atoms with Crippen LogP contribution in [-0.4, -0.2) is 28.5 Å². The average molecular weight is 667 g/mol. The monoisotopic (exact) mass is 666 g/mol. The highest BCUT2D eigenvalue weighted by Crippen LogP contribution is 2.30. The van der Waals surface area contributed by atoms with Gasteiger partial charge < -0.3 is 16.0 Å². The molecule has 4 aromatic carbocycles. The molecule has 7 nitrogen and oxygen atoms in total. The van der Waals surface area contributed by atoms with Gasteiger partial charge >= 0.3 is 0 Å². The molecule has 1 heterocycles. The number of anilines is 2. The number of nitrogens with one attached hydrogen (secondary N) is 3. The zero-order chi connectivity index (χ0) is 32.5. The van der Waals surface area contributed by atoms with Crippen molar-refractivity contribution < 1.29 is 14.4 Å². The molecular weight excluding hydrogens is 636 g/mol. The van der Waals surface area contributed by atoms with Crippen LogP contribution in [0.2, 0.25) is 5.02 Å². The van der Waals surface area contributed by atoms with Crippen LogP contribution in [0, 0.1) is 0 Å². The van der Waals surface area contributed by atoms with E-state index in [1.807, 2.05) is 60.0 Å². The van der Waals surface area contributed by atoms with Crippen molar-refractivity contribution in [1.29, 1.82) is 0 Å². The zero-order valence-corrected chi connectivity index (χ0v) is 27.5. The number of nitrogens with zero attached hydrogens (tertiary/aromatic N) is 1. The minimum Gasteiger partial charge on any atom is -0.321 e. The summed E-state index contributed by atoms with van der Waals surface area (Å²) < 4.78 is 0. The van der Waals surface area contributed by atoms with Gasteiger partial charge in [0.2, 0.25) is 5.91 Å². The van der Waals surface area contributed by atoms with Crippen LogP contribution in [0.15, 0.2) is 119 Å². The van der Waals surface area contributed by atoms with Crippen molar-refractivity contribution in [1.82, 2.24) is 10.3 Å². The van der Waals surface area contributed by atoms with E-state index in [0.29, 0.717) is 33.0 Å². The number of carbonyl (C=O) groups excluding carboxylic acids is 3. The Kier molecular flexibility index (Phi) is 11.0. The van der Waals surface area contributed by atoms with Crippen molar-refractivity contribution >= 4 is 69.3 Å². The number of thioether (sulfide) groups is 1. The molecule has 5 rings (SSSR count). The fourth-order valence-electron chi connectivity index (χ4n) is 4.38. The second-order valence-electron chi connectivity index (χ2n) is 10.5. The van der Waals surface area contributed by atoms with E-state index in [1.165, 1.54) is 28.7 Å². The lowest BCUT2D eigenvalue weighted by Crippen LogP contribution is -2.30. The van der Waals surface area contributed by atoms with Gasteiger partial charge in [0.25, 0.3) is 11.8 Å². The first-order valence-corrected chi connectivity index (χ1v) is 16.7. The van der Waals surface area contributed by atoms with Crippen LogP contribution in [0.5, 0.6) is 0 Å². The van der Waals surface area contributed by atoms with Crippen molar-refractivity contribution in [2.45, 2.75) is 24.7 Å². The number of thiazole rings is 1. The van der Waals surface area contributed by atoms with E-state index in [0.717, 1.165) is 16.0 Å². The third kappa shape index (κ3) is 8.94. The third-order valence-electron chi connectivity index (χ3n) is 6.81. The normalized spacial score (nSPS) is 11.3. The Morgan fingerprint density at radius 3 is 2.37 bits per heavy atom. The highest BCUT2D eigenvalue weighted by Gasteiger charge is 2.16. The molecule has 0 aliphatic heterocycles. The predicted molar refractivity (Wildman–Crippen MR) is 189 cm³/mol. The summed E-state index contributed by atoms with van der Waals surface area (Å²) in [5, 5.41) is 11.4. The van der Waals surface area contributed by atoms with Crippen LogP contribution in [0.4, 0.5) is 10.8 Å². The van der Waals surface area contributed by atoms with E-state index < -0.39 is 11.8 Å². The number of hydrogen-bond acceptors (Lipinski definition) is 6. The van der Waals surface area contributed by atoms with Gasteiger partial charge in [0.15, 0.2) is 5.13 Å². The molecule has 0 atom stereocenters. The Balaban J connectivity index is 1.24. The maximum atomic E-state index is 13.5. The van der Waals surface area contributed by atoms with Crippen LogP contribution >= 0.6 is 34.7 Å². The highest BCUT2D eigenvalue weighted by molar-refractivity contribution is 8.00. The molecule has 0 aliphatic rings. The molecule has 0 aliphatic carbocycles. The number of amides is 3. The minimum absolute atomic E-state index is 0.100. The number of halogens is 1. The second kappa shape index (κ2) is 15.5. The first-order valence-electron chi connectivity index (χ1n) is 14.5. The maximum absolute atomic E-state index is 13.5. The van der Waals surface area contributed by atoms with Gasteiger partial charge in [0.1, 0.15) is 5.70 Å². The second-order valence-corrected chi connectivity index (χ2v) is 12.9. The molecule has 0 bridgehead atoms. The summed E-state index contributed by atoms with van der Waals surface area (Å²) in [6, 6.07) is 31.2. The molecule has 232 valence electrons. The first kappa shape index (κ1) is 32.7. The van der Waals surface area contributed by atoms with Gasteiger partial charge in [0.05, 0.1) is 11.4 Å². The smallest absolute Gasteiger partial charge is 0.272 e. The summed E-state index contributed by atoms with van der Waals surface area (Å²) >= 11 is 8.93. The van der Waals surface area contributed by atoms with E-state index in [2.05, 4.69) is 34.8 Å². The highest BCUT2D eigenvalue weighted by atomic mass is 35.5. The standard InChI is InChI=1S/C36H31ClN4O3S2/c1-23(2)25-17-15-24(16-18-25)19-31(39-34(43)26-9-4-3-5-10-26)35(44)38-27-11-8-12-28(20-27)45-22-33(42)41-36-40-32(21-46-36)29-13-6-7-14-30(29)37/h3-21,23H,22H2,1-2H3,(H,38,44)(H,39,43)(H,40,41,42)/b31-19+. The molecule has 3 N–H and O–H groups in total. The Morgan fingerprint density at radius 1 is 0.891 bits per heavy atom. The SMILES string of the molecule is CC(C)c1ccc(/C=C(/NC(=O)c2ccccc2)C(=O)Nc2cccc(SCC(=O)Nc3nc(-c4ccccc4Cl)cs3)c2)cc1. The molecule has 0 spiro atoms. The number of hydrogen-bond donors (Lipinski definition) is 3. The molecule has 10 heteroatoms. The lowest BCUT2D eigenvalue weighted by molar-refractivity contribution is -0.114. The van der Waals surface area contributed by atoms with Crippen LogP contribution in [0.3, 0.4) is 0 Å². The van der Waals surface area contributed by atoms with Crippen molar-refractivity contribution in [3.05, 3.63) is 136 Å². The lowest BCUT2D eigenvalue weighted by atomic mass is 10.0. The Hall–Kier alpha value is -4.70. The van der Waals surface area contributed by atoms with E-state index >= 15 is 0 Å². The summed E-state index contributed by atoms with van der Waals surface area (Å²) in [4.78, 5) is 44.4. The summed E-state index contributed by atoms with van der Waals surface area (Å²) in [6.45, 7) is 4.23. The number of aromatic nitrogens is 1. The molecule has 3 amide bonds. The Labute approximate surface area is 281 Å². The molecule has 0 radical (unpaired) electrons. The van der Waals surface area contributed by atoms with E-state index in [4.69, 9.17) is 11.6 Å². The van der Waals surface area contributed by atoms with Gasteiger partial charge in [-0.3, -0.25) is 14.4 Å². The average Bonchev–Trinajstić information content (AvgIpc) is 3.52. The van der Waals surface area contributed by atoms with Crippen LogP contribution in [-0.2, 0) is 9.59 Å². The summed E-state index contributed by atoms with van der Waals surface area (Å²) in [6.07, 6.45) is 1.65. The molecule has 0 saturated heterocycles. The number of benzene rings is 4. The fraction of sp³-hybridized carbons (Fsp3) is 0.111. The van der Waals surface area contributed by atoms with Gasteiger partial charge in [0, 0.05) is 32.1 Å².